The maximum Gasteiger partial charge on any atom is 0.274 e. The Balaban J connectivity index is 1.57. The standard InChI is InChI=1S/C23H17N7O2/c24-21-20(22(31)28-13-14-5-8-25-9-6-14)29-18(19(30-21)23-27-10-11-32-23)16-3-4-17-15(12-16)2-1-7-26-17/h1-12H,13H2,(H2,24,30)(H,28,31). The molecule has 1 amide bonds. The van der Waals surface area contributed by atoms with E-state index in [0.29, 0.717) is 17.9 Å². The Hall–Kier alpha value is -4.66. The van der Waals surface area contributed by atoms with Crippen LogP contribution in [-0.2, 0) is 6.54 Å². The van der Waals surface area contributed by atoms with E-state index in [1.54, 1.807) is 18.6 Å². The normalized spacial score (nSPS) is 10.9. The van der Waals surface area contributed by atoms with Gasteiger partial charge in [-0.3, -0.25) is 14.8 Å². The van der Waals surface area contributed by atoms with Gasteiger partial charge in [0, 0.05) is 36.1 Å². The molecule has 9 nitrogen and oxygen atoms in total. The minimum Gasteiger partial charge on any atom is -0.443 e. The first-order chi connectivity index (χ1) is 15.7. The highest BCUT2D eigenvalue weighted by Gasteiger charge is 2.22. The number of hydrogen-bond acceptors (Lipinski definition) is 8. The van der Waals surface area contributed by atoms with Crippen LogP contribution < -0.4 is 11.1 Å². The van der Waals surface area contributed by atoms with Crippen LogP contribution in [0, 0.1) is 0 Å². The van der Waals surface area contributed by atoms with Gasteiger partial charge in [0.25, 0.3) is 5.91 Å². The van der Waals surface area contributed by atoms with Crippen LogP contribution in [0.3, 0.4) is 0 Å². The molecule has 9 heteroatoms. The Labute approximate surface area is 182 Å². The van der Waals surface area contributed by atoms with E-state index in [0.717, 1.165) is 22.0 Å². The van der Waals surface area contributed by atoms with Crippen LogP contribution in [0.15, 0.2) is 77.9 Å². The van der Waals surface area contributed by atoms with Crippen LogP contribution in [0.2, 0.25) is 0 Å². The third-order valence-corrected chi connectivity index (χ3v) is 4.85. The van der Waals surface area contributed by atoms with E-state index < -0.39 is 5.91 Å². The first-order valence-electron chi connectivity index (χ1n) is 9.78. The number of nitrogens with zero attached hydrogens (tertiary/aromatic N) is 5. The van der Waals surface area contributed by atoms with Crippen molar-refractivity contribution >= 4 is 22.6 Å². The van der Waals surface area contributed by atoms with Crippen LogP contribution in [0.25, 0.3) is 33.7 Å². The number of hydrogen-bond donors (Lipinski definition) is 2. The number of oxazole rings is 1. The summed E-state index contributed by atoms with van der Waals surface area (Å²) in [7, 11) is 0. The molecule has 0 aliphatic heterocycles. The van der Waals surface area contributed by atoms with Crippen LogP contribution in [0.1, 0.15) is 16.1 Å². The molecule has 32 heavy (non-hydrogen) atoms. The summed E-state index contributed by atoms with van der Waals surface area (Å²) in [6.45, 7) is 0.306. The van der Waals surface area contributed by atoms with Gasteiger partial charge in [-0.2, -0.15) is 0 Å². The van der Waals surface area contributed by atoms with Crippen molar-refractivity contribution in [1.29, 1.82) is 0 Å². The molecule has 156 valence electrons. The van der Waals surface area contributed by atoms with Gasteiger partial charge in [0.15, 0.2) is 17.2 Å². The van der Waals surface area contributed by atoms with Crippen molar-refractivity contribution in [3.63, 3.8) is 0 Å². The maximum atomic E-state index is 12.9. The molecular weight excluding hydrogens is 406 g/mol. The lowest BCUT2D eigenvalue weighted by Gasteiger charge is -2.12. The van der Waals surface area contributed by atoms with E-state index in [4.69, 9.17) is 10.2 Å². The van der Waals surface area contributed by atoms with Crippen molar-refractivity contribution in [2.24, 2.45) is 0 Å². The molecule has 0 aliphatic rings. The van der Waals surface area contributed by atoms with Gasteiger partial charge in [-0.15, -0.1) is 0 Å². The van der Waals surface area contributed by atoms with E-state index in [1.165, 1.54) is 12.5 Å². The Bertz CT molecular complexity index is 1400. The molecule has 0 saturated carbocycles. The molecule has 0 saturated heterocycles. The summed E-state index contributed by atoms with van der Waals surface area (Å²) < 4.78 is 5.44. The third kappa shape index (κ3) is 3.74. The van der Waals surface area contributed by atoms with E-state index in [-0.39, 0.29) is 17.4 Å². The lowest BCUT2D eigenvalue weighted by molar-refractivity contribution is 0.0946. The highest BCUT2D eigenvalue weighted by molar-refractivity contribution is 5.98. The van der Waals surface area contributed by atoms with Gasteiger partial charge in [0.1, 0.15) is 12.0 Å². The average Bonchev–Trinajstić information content (AvgIpc) is 3.38. The molecule has 0 spiro atoms. The maximum absolute atomic E-state index is 12.9. The van der Waals surface area contributed by atoms with E-state index in [1.807, 2.05) is 42.5 Å². The molecule has 0 radical (unpaired) electrons. The summed E-state index contributed by atoms with van der Waals surface area (Å²) in [6, 6.07) is 13.1. The number of rotatable bonds is 5. The average molecular weight is 423 g/mol. The number of carbonyl (C=O) groups excluding carboxylic acids is 1. The fraction of sp³-hybridized carbons (Fsp3) is 0.0435. The van der Waals surface area contributed by atoms with Crippen molar-refractivity contribution in [1.82, 2.24) is 30.2 Å². The summed E-state index contributed by atoms with van der Waals surface area (Å²) in [5.41, 5.74) is 9.39. The van der Waals surface area contributed by atoms with Gasteiger partial charge >= 0.3 is 0 Å². The second-order valence-corrected chi connectivity index (χ2v) is 6.94. The topological polar surface area (TPSA) is 133 Å². The van der Waals surface area contributed by atoms with E-state index in [9.17, 15) is 4.79 Å². The van der Waals surface area contributed by atoms with Gasteiger partial charge in [-0.05, 0) is 35.9 Å². The van der Waals surface area contributed by atoms with Crippen molar-refractivity contribution in [3.05, 3.63) is 84.8 Å². The highest BCUT2D eigenvalue weighted by atomic mass is 16.3. The van der Waals surface area contributed by atoms with Crippen molar-refractivity contribution in [2.45, 2.75) is 6.54 Å². The molecule has 0 atom stereocenters. The SMILES string of the molecule is Nc1nc(-c2ncco2)c(-c2ccc3ncccc3c2)nc1C(=O)NCc1ccncc1. The summed E-state index contributed by atoms with van der Waals surface area (Å²) in [6.07, 6.45) is 8.00. The predicted octanol–water partition coefficient (Wildman–Crippen LogP) is 3.25. The van der Waals surface area contributed by atoms with Crippen LogP contribution >= 0.6 is 0 Å². The number of pyridine rings is 2. The zero-order valence-corrected chi connectivity index (χ0v) is 16.8. The van der Waals surface area contributed by atoms with Gasteiger partial charge in [0.05, 0.1) is 11.7 Å². The quantitative estimate of drug-likeness (QED) is 0.440. The summed E-state index contributed by atoms with van der Waals surface area (Å²) >= 11 is 0. The van der Waals surface area contributed by atoms with Crippen molar-refractivity contribution in [3.8, 4) is 22.8 Å². The Kier molecular flexibility index (Phi) is 4.97. The molecule has 0 aliphatic carbocycles. The molecule has 0 unspecified atom stereocenters. The number of fused-ring (bicyclic) bond motifs is 1. The van der Waals surface area contributed by atoms with Gasteiger partial charge in [-0.1, -0.05) is 12.1 Å². The molecule has 4 aromatic heterocycles. The fourth-order valence-electron chi connectivity index (χ4n) is 3.30. The minimum atomic E-state index is -0.436. The number of nitrogens with two attached hydrogens (primary N) is 1. The highest BCUT2D eigenvalue weighted by Crippen LogP contribution is 2.31. The molecule has 1 aromatic carbocycles. The monoisotopic (exact) mass is 423 g/mol. The Morgan fingerprint density at radius 1 is 0.969 bits per heavy atom. The molecule has 4 heterocycles. The molecule has 5 aromatic rings. The lowest BCUT2D eigenvalue weighted by atomic mass is 10.1. The lowest BCUT2D eigenvalue weighted by Crippen LogP contribution is -2.26. The zero-order chi connectivity index (χ0) is 21.9. The first-order valence-corrected chi connectivity index (χ1v) is 9.78. The first kappa shape index (κ1) is 19.3. The van der Waals surface area contributed by atoms with Crippen molar-refractivity contribution < 1.29 is 9.21 Å². The number of anilines is 1. The second kappa shape index (κ2) is 8.23. The summed E-state index contributed by atoms with van der Waals surface area (Å²) in [5, 5.41) is 3.74. The van der Waals surface area contributed by atoms with Gasteiger partial charge < -0.3 is 15.5 Å². The molecule has 0 bridgehead atoms. The Morgan fingerprint density at radius 3 is 2.66 bits per heavy atom. The molecule has 0 fully saturated rings. The smallest absolute Gasteiger partial charge is 0.274 e. The van der Waals surface area contributed by atoms with Crippen LogP contribution in [-0.4, -0.2) is 30.8 Å². The second-order valence-electron chi connectivity index (χ2n) is 6.94. The number of aromatic nitrogens is 5. The third-order valence-electron chi connectivity index (χ3n) is 4.85. The number of carbonyl (C=O) groups is 1. The van der Waals surface area contributed by atoms with Gasteiger partial charge in [0.2, 0.25) is 5.89 Å². The van der Waals surface area contributed by atoms with Crippen molar-refractivity contribution in [2.75, 3.05) is 5.73 Å². The van der Waals surface area contributed by atoms with E-state index >= 15 is 0 Å². The molecular formula is C23H17N7O2. The predicted molar refractivity (Wildman–Crippen MR) is 118 cm³/mol. The number of amides is 1. The van der Waals surface area contributed by atoms with Crippen LogP contribution in [0.4, 0.5) is 5.82 Å². The fourth-order valence-corrected chi connectivity index (χ4v) is 3.30. The largest absolute Gasteiger partial charge is 0.443 e. The zero-order valence-electron chi connectivity index (χ0n) is 16.8. The van der Waals surface area contributed by atoms with Gasteiger partial charge in [-0.25, -0.2) is 15.0 Å². The summed E-state index contributed by atoms with van der Waals surface area (Å²) in [5.74, 6) is -0.194. The number of nitrogen functional groups attached to an aromatic ring is 1. The number of benzene rings is 1. The Morgan fingerprint density at radius 2 is 1.84 bits per heavy atom. The molecule has 5 rings (SSSR count). The minimum absolute atomic E-state index is 0.0170. The van der Waals surface area contributed by atoms with Crippen LogP contribution in [0.5, 0.6) is 0 Å². The van der Waals surface area contributed by atoms with E-state index in [2.05, 4.69) is 30.2 Å². The molecule has 3 N–H and O–H groups in total. The number of nitrogens with one attached hydrogen (secondary N) is 1. The summed E-state index contributed by atoms with van der Waals surface area (Å²) in [4.78, 5) is 34.4.